The first-order valence-electron chi connectivity index (χ1n) is 7.66. The summed E-state index contributed by atoms with van der Waals surface area (Å²) in [4.78, 5) is 23.1. The Balaban J connectivity index is 2.31. The Kier molecular flexibility index (Phi) is 4.50. The number of Topliss-reactive ketones (excluding diaryl/α,β-unsaturated/α-hetero) is 1. The highest BCUT2D eigenvalue weighted by Gasteiger charge is 2.35. The molecule has 0 aromatic rings. The van der Waals surface area contributed by atoms with Gasteiger partial charge in [-0.3, -0.25) is 9.59 Å². The molecular formula is C18H24O3. The maximum atomic E-state index is 12.5. The van der Waals surface area contributed by atoms with E-state index in [1.54, 1.807) is 0 Å². The van der Waals surface area contributed by atoms with Gasteiger partial charge < -0.3 is 5.11 Å². The minimum atomic E-state index is -0.902. The van der Waals surface area contributed by atoms with Crippen molar-refractivity contribution in [3.63, 3.8) is 0 Å². The Morgan fingerprint density at radius 1 is 1.14 bits per heavy atom. The van der Waals surface area contributed by atoms with Gasteiger partial charge in [0.15, 0.2) is 0 Å². The van der Waals surface area contributed by atoms with Crippen LogP contribution in [0.15, 0.2) is 34.4 Å². The molecule has 0 spiro atoms. The van der Waals surface area contributed by atoms with Gasteiger partial charge in [-0.15, -0.1) is 0 Å². The van der Waals surface area contributed by atoms with Crippen molar-refractivity contribution in [1.82, 2.24) is 0 Å². The number of carbonyl (C=O) groups excluding carboxylic acids is 1. The van der Waals surface area contributed by atoms with E-state index in [4.69, 9.17) is 5.11 Å². The first kappa shape index (κ1) is 15.7. The molecule has 114 valence electrons. The number of allylic oxidation sites excluding steroid dienone is 6. The summed E-state index contributed by atoms with van der Waals surface area (Å²) in [5, 5.41) is 8.78. The average Bonchev–Trinajstić information content (AvgIpc) is 2.47. The number of carbonyl (C=O) groups is 2. The van der Waals surface area contributed by atoms with Crippen LogP contribution in [0.4, 0.5) is 0 Å². The highest BCUT2D eigenvalue weighted by Crippen LogP contribution is 2.45. The Hall–Kier alpha value is -1.64. The smallest absolute Gasteiger partial charge is 0.303 e. The van der Waals surface area contributed by atoms with Crippen molar-refractivity contribution in [2.45, 2.75) is 47.0 Å². The maximum absolute atomic E-state index is 12.5. The zero-order valence-corrected chi connectivity index (χ0v) is 13.3. The molecule has 3 atom stereocenters. The quantitative estimate of drug-likeness (QED) is 0.798. The lowest BCUT2D eigenvalue weighted by atomic mass is 9.67. The van der Waals surface area contributed by atoms with Crippen molar-refractivity contribution < 1.29 is 14.7 Å². The Morgan fingerprint density at radius 2 is 1.76 bits per heavy atom. The normalized spacial score (nSPS) is 28.7. The Bertz CT molecular complexity index is 563. The summed E-state index contributed by atoms with van der Waals surface area (Å²) in [6.45, 7) is 8.67. The van der Waals surface area contributed by atoms with Gasteiger partial charge in [-0.25, -0.2) is 0 Å². The third-order valence-electron chi connectivity index (χ3n) is 5.21. The summed E-state index contributed by atoms with van der Waals surface area (Å²) < 4.78 is 0. The molecular weight excluding hydrogens is 264 g/mol. The Labute approximate surface area is 126 Å². The number of carboxylic acids is 1. The molecule has 0 saturated heterocycles. The molecule has 0 bridgehead atoms. The summed E-state index contributed by atoms with van der Waals surface area (Å²) in [5.41, 5.74) is 5.24. The lowest BCUT2D eigenvalue weighted by molar-refractivity contribution is -0.138. The van der Waals surface area contributed by atoms with Crippen molar-refractivity contribution in [1.29, 1.82) is 0 Å². The molecule has 0 amide bonds. The van der Waals surface area contributed by atoms with Crippen molar-refractivity contribution in [3.05, 3.63) is 34.4 Å². The minimum absolute atomic E-state index is 0.0700. The van der Waals surface area contributed by atoms with Crippen LogP contribution >= 0.6 is 0 Å². The number of aliphatic carboxylic acids is 1. The summed E-state index contributed by atoms with van der Waals surface area (Å²) >= 11 is 0. The van der Waals surface area contributed by atoms with Gasteiger partial charge in [-0.1, -0.05) is 37.1 Å². The molecule has 2 rings (SSSR count). The van der Waals surface area contributed by atoms with Crippen LogP contribution in [0, 0.1) is 17.8 Å². The summed E-state index contributed by atoms with van der Waals surface area (Å²) in [6.07, 6.45) is 5.00. The first-order chi connectivity index (χ1) is 9.84. The summed E-state index contributed by atoms with van der Waals surface area (Å²) in [7, 11) is 0. The number of ketones is 1. The molecule has 2 aliphatic rings. The van der Waals surface area contributed by atoms with Crippen LogP contribution in [0.1, 0.15) is 47.0 Å². The molecule has 21 heavy (non-hydrogen) atoms. The fourth-order valence-electron chi connectivity index (χ4n) is 3.56. The lowest BCUT2D eigenvalue weighted by Crippen LogP contribution is -2.29. The van der Waals surface area contributed by atoms with Gasteiger partial charge >= 0.3 is 5.97 Å². The van der Waals surface area contributed by atoms with Crippen molar-refractivity contribution in [2.24, 2.45) is 17.8 Å². The van der Waals surface area contributed by atoms with Crippen LogP contribution in [-0.2, 0) is 9.59 Å². The molecule has 3 nitrogen and oxygen atoms in total. The molecule has 3 unspecified atom stereocenters. The van der Waals surface area contributed by atoms with E-state index in [0.717, 1.165) is 0 Å². The first-order valence-corrected chi connectivity index (χ1v) is 7.66. The number of hydrogen-bond donors (Lipinski definition) is 1. The fraction of sp³-hybridized carbons (Fsp3) is 0.556. The topological polar surface area (TPSA) is 54.4 Å². The monoisotopic (exact) mass is 288 g/mol. The van der Waals surface area contributed by atoms with E-state index in [-0.39, 0.29) is 30.5 Å². The molecule has 0 fully saturated rings. The van der Waals surface area contributed by atoms with Gasteiger partial charge in [-0.2, -0.15) is 0 Å². The molecule has 0 aromatic carbocycles. The molecule has 0 heterocycles. The zero-order chi connectivity index (χ0) is 15.7. The second-order valence-electron chi connectivity index (χ2n) is 6.27. The highest BCUT2D eigenvalue weighted by atomic mass is 16.4. The van der Waals surface area contributed by atoms with Gasteiger partial charge in [0, 0.05) is 18.3 Å². The Morgan fingerprint density at radius 3 is 2.38 bits per heavy atom. The van der Waals surface area contributed by atoms with E-state index in [0.29, 0.717) is 12.3 Å². The third kappa shape index (κ3) is 2.87. The van der Waals surface area contributed by atoms with E-state index in [1.807, 2.05) is 0 Å². The van der Waals surface area contributed by atoms with Gasteiger partial charge in [-0.05, 0) is 37.3 Å². The van der Waals surface area contributed by atoms with E-state index < -0.39 is 5.97 Å². The van der Waals surface area contributed by atoms with E-state index in [9.17, 15) is 9.59 Å². The molecule has 3 heteroatoms. The van der Waals surface area contributed by atoms with E-state index in [1.165, 1.54) is 22.3 Å². The summed E-state index contributed by atoms with van der Waals surface area (Å²) in [6, 6.07) is 0. The van der Waals surface area contributed by atoms with E-state index >= 15 is 0 Å². The SMILES string of the molecule is CC1=C(C)C(C)C2=C(C=CCC2C(=O)CCC(=O)O)C1C. The molecule has 2 aliphatic carbocycles. The number of carboxylic acid groups (broad SMARTS) is 1. The van der Waals surface area contributed by atoms with Crippen LogP contribution in [-0.4, -0.2) is 16.9 Å². The minimum Gasteiger partial charge on any atom is -0.481 e. The second-order valence-corrected chi connectivity index (χ2v) is 6.27. The average molecular weight is 288 g/mol. The number of hydrogen-bond acceptors (Lipinski definition) is 2. The van der Waals surface area contributed by atoms with Gasteiger partial charge in [0.25, 0.3) is 0 Å². The van der Waals surface area contributed by atoms with Crippen molar-refractivity contribution in [2.75, 3.05) is 0 Å². The van der Waals surface area contributed by atoms with Crippen LogP contribution in [0.2, 0.25) is 0 Å². The molecule has 0 aliphatic heterocycles. The predicted molar refractivity (Wildman–Crippen MR) is 82.9 cm³/mol. The third-order valence-corrected chi connectivity index (χ3v) is 5.21. The number of rotatable bonds is 4. The molecule has 1 N–H and O–H groups in total. The largest absolute Gasteiger partial charge is 0.481 e. The van der Waals surface area contributed by atoms with Crippen LogP contribution < -0.4 is 0 Å². The van der Waals surface area contributed by atoms with Crippen molar-refractivity contribution >= 4 is 11.8 Å². The molecule has 0 radical (unpaired) electrons. The lowest BCUT2D eigenvalue weighted by Gasteiger charge is -2.37. The maximum Gasteiger partial charge on any atom is 0.303 e. The van der Waals surface area contributed by atoms with Crippen LogP contribution in [0.3, 0.4) is 0 Å². The van der Waals surface area contributed by atoms with Gasteiger partial charge in [0.1, 0.15) is 5.78 Å². The highest BCUT2D eigenvalue weighted by molar-refractivity contribution is 5.87. The zero-order valence-electron chi connectivity index (χ0n) is 13.3. The fourth-order valence-corrected chi connectivity index (χ4v) is 3.56. The predicted octanol–water partition coefficient (Wildman–Crippen LogP) is 3.92. The van der Waals surface area contributed by atoms with Gasteiger partial charge in [0.2, 0.25) is 0 Å². The van der Waals surface area contributed by atoms with Gasteiger partial charge in [0.05, 0.1) is 6.42 Å². The standard InChI is InChI=1S/C18H24O3/c1-10-11(2)13(4)18-14(12(10)3)6-5-7-15(18)16(19)8-9-17(20)21/h5-6,12-13,15H,7-9H2,1-4H3,(H,20,21). The molecule has 0 saturated carbocycles. The van der Waals surface area contributed by atoms with Crippen molar-refractivity contribution in [3.8, 4) is 0 Å². The second kappa shape index (κ2) is 6.00. The summed E-state index contributed by atoms with van der Waals surface area (Å²) in [5.74, 6) is -0.339. The van der Waals surface area contributed by atoms with E-state index in [2.05, 4.69) is 39.8 Å². The van der Waals surface area contributed by atoms with Crippen LogP contribution in [0.5, 0.6) is 0 Å². The molecule has 0 aromatic heterocycles. The van der Waals surface area contributed by atoms with Crippen LogP contribution in [0.25, 0.3) is 0 Å².